The van der Waals surface area contributed by atoms with Crippen LogP contribution in [0.25, 0.3) is 11.0 Å². The fourth-order valence-electron chi connectivity index (χ4n) is 2.64. The number of non-ortho nitro benzene ring substituents is 1. The highest BCUT2D eigenvalue weighted by Crippen LogP contribution is 2.22. The van der Waals surface area contributed by atoms with Gasteiger partial charge >= 0.3 is 5.97 Å². The van der Waals surface area contributed by atoms with Gasteiger partial charge in [0.2, 0.25) is 0 Å². The van der Waals surface area contributed by atoms with Crippen LogP contribution in [0.5, 0.6) is 0 Å². The summed E-state index contributed by atoms with van der Waals surface area (Å²) in [5.74, 6) is -1.36. The van der Waals surface area contributed by atoms with Gasteiger partial charge in [-0.2, -0.15) is 0 Å². The number of esters is 1. The Kier molecular flexibility index (Phi) is 5.77. The van der Waals surface area contributed by atoms with Gasteiger partial charge in [0.15, 0.2) is 11.8 Å². The van der Waals surface area contributed by atoms with Crippen LogP contribution in [0.15, 0.2) is 48.7 Å². The second-order valence-electron chi connectivity index (χ2n) is 6.29. The molecule has 29 heavy (non-hydrogen) atoms. The van der Waals surface area contributed by atoms with Gasteiger partial charge in [0.25, 0.3) is 11.6 Å². The number of ether oxygens (including phenoxy) is 1. The van der Waals surface area contributed by atoms with E-state index in [1.807, 2.05) is 6.07 Å². The fraction of sp³-hybridized carbons (Fsp3) is 0.200. The van der Waals surface area contributed by atoms with E-state index in [0.29, 0.717) is 16.6 Å². The lowest BCUT2D eigenvalue weighted by Crippen LogP contribution is -2.32. The first kappa shape index (κ1) is 19.9. The van der Waals surface area contributed by atoms with Gasteiger partial charge in [-0.1, -0.05) is 25.1 Å². The zero-order valence-electron chi connectivity index (χ0n) is 15.8. The standard InChI is InChI=1S/C20H18N4O5/c1-3-18(19(25)23-16-10-13(24(27)28)9-8-12(16)2)29-20(26)17-11-21-14-6-4-5-7-15(14)22-17/h4-11,18H,3H2,1-2H3,(H,23,25). The van der Waals surface area contributed by atoms with Gasteiger partial charge in [0.1, 0.15) is 0 Å². The number of hydrogen-bond acceptors (Lipinski definition) is 7. The van der Waals surface area contributed by atoms with Crippen LogP contribution in [-0.4, -0.2) is 32.9 Å². The van der Waals surface area contributed by atoms with Crippen LogP contribution in [0.1, 0.15) is 29.4 Å². The smallest absolute Gasteiger partial charge is 0.359 e. The first-order valence-corrected chi connectivity index (χ1v) is 8.87. The van der Waals surface area contributed by atoms with Crippen molar-refractivity contribution in [2.75, 3.05) is 5.32 Å². The summed E-state index contributed by atoms with van der Waals surface area (Å²) >= 11 is 0. The molecule has 1 amide bonds. The third-order valence-electron chi connectivity index (χ3n) is 4.26. The van der Waals surface area contributed by atoms with E-state index >= 15 is 0 Å². The summed E-state index contributed by atoms with van der Waals surface area (Å²) < 4.78 is 5.30. The molecule has 2 aromatic carbocycles. The van der Waals surface area contributed by atoms with Crippen LogP contribution in [0.2, 0.25) is 0 Å². The van der Waals surface area contributed by atoms with E-state index in [0.717, 1.165) is 0 Å². The lowest BCUT2D eigenvalue weighted by atomic mass is 10.1. The van der Waals surface area contributed by atoms with Crippen molar-refractivity contribution >= 4 is 34.3 Å². The molecule has 0 bridgehead atoms. The van der Waals surface area contributed by atoms with Crippen molar-refractivity contribution < 1.29 is 19.2 Å². The Morgan fingerprint density at radius 3 is 2.62 bits per heavy atom. The van der Waals surface area contributed by atoms with E-state index in [9.17, 15) is 19.7 Å². The molecule has 3 rings (SSSR count). The molecular formula is C20H18N4O5. The number of fused-ring (bicyclic) bond motifs is 1. The summed E-state index contributed by atoms with van der Waals surface area (Å²) in [4.78, 5) is 43.8. The molecule has 1 N–H and O–H groups in total. The minimum Gasteiger partial charge on any atom is -0.447 e. The maximum Gasteiger partial charge on any atom is 0.359 e. The highest BCUT2D eigenvalue weighted by Gasteiger charge is 2.24. The second kappa shape index (κ2) is 8.42. The summed E-state index contributed by atoms with van der Waals surface area (Å²) in [6.45, 7) is 3.39. The fourth-order valence-corrected chi connectivity index (χ4v) is 2.64. The lowest BCUT2D eigenvalue weighted by molar-refractivity contribution is -0.384. The SMILES string of the molecule is CCC(OC(=O)c1cnc2ccccc2n1)C(=O)Nc1cc([N+](=O)[O-])ccc1C. The van der Waals surface area contributed by atoms with Crippen LogP contribution >= 0.6 is 0 Å². The average Bonchev–Trinajstić information content (AvgIpc) is 2.72. The lowest BCUT2D eigenvalue weighted by Gasteiger charge is -2.16. The molecule has 0 radical (unpaired) electrons. The molecule has 0 saturated carbocycles. The van der Waals surface area contributed by atoms with Crippen LogP contribution < -0.4 is 5.32 Å². The van der Waals surface area contributed by atoms with Gasteiger partial charge in [-0.25, -0.2) is 9.78 Å². The van der Waals surface area contributed by atoms with Crippen molar-refractivity contribution in [3.63, 3.8) is 0 Å². The summed E-state index contributed by atoms with van der Waals surface area (Å²) in [6, 6.07) is 11.2. The minimum absolute atomic E-state index is 0.0125. The quantitative estimate of drug-likeness (QED) is 0.386. The molecule has 1 heterocycles. The molecule has 1 atom stereocenters. The normalized spacial score (nSPS) is 11.7. The molecule has 1 unspecified atom stereocenters. The van der Waals surface area contributed by atoms with Crippen LogP contribution in [0.4, 0.5) is 11.4 Å². The van der Waals surface area contributed by atoms with Crippen LogP contribution in [0.3, 0.4) is 0 Å². The monoisotopic (exact) mass is 394 g/mol. The molecule has 0 spiro atoms. The molecule has 1 aromatic heterocycles. The number of anilines is 1. The molecule has 0 aliphatic rings. The number of aromatic nitrogens is 2. The number of nitro benzene ring substituents is 1. The number of nitro groups is 1. The number of hydrogen-bond donors (Lipinski definition) is 1. The summed E-state index contributed by atoms with van der Waals surface area (Å²) in [7, 11) is 0. The van der Waals surface area contributed by atoms with Gasteiger partial charge < -0.3 is 10.1 Å². The van der Waals surface area contributed by atoms with Gasteiger partial charge in [-0.15, -0.1) is 0 Å². The Bertz CT molecular complexity index is 1100. The van der Waals surface area contributed by atoms with Gasteiger partial charge in [0, 0.05) is 12.1 Å². The van der Waals surface area contributed by atoms with Gasteiger partial charge in [-0.3, -0.25) is 19.9 Å². The van der Waals surface area contributed by atoms with Crippen molar-refractivity contribution in [1.82, 2.24) is 9.97 Å². The van der Waals surface area contributed by atoms with Gasteiger partial charge in [-0.05, 0) is 31.0 Å². The van der Waals surface area contributed by atoms with E-state index in [1.165, 1.54) is 24.4 Å². The molecule has 9 nitrogen and oxygen atoms in total. The number of amides is 1. The number of nitrogens with zero attached hydrogens (tertiary/aromatic N) is 3. The Labute approximate surface area is 165 Å². The Hall–Kier alpha value is -3.88. The third kappa shape index (κ3) is 4.52. The molecule has 148 valence electrons. The molecule has 0 aliphatic carbocycles. The highest BCUT2D eigenvalue weighted by atomic mass is 16.6. The number of nitrogens with one attached hydrogen (secondary N) is 1. The van der Waals surface area contributed by atoms with Gasteiger partial charge in [0.05, 0.1) is 27.8 Å². The number of carbonyl (C=O) groups excluding carboxylic acids is 2. The molecular weight excluding hydrogens is 376 g/mol. The number of rotatable bonds is 6. The third-order valence-corrected chi connectivity index (χ3v) is 4.26. The van der Waals surface area contributed by atoms with Crippen molar-refractivity contribution in [3.8, 4) is 0 Å². The van der Waals surface area contributed by atoms with Crippen molar-refractivity contribution in [2.45, 2.75) is 26.4 Å². The minimum atomic E-state index is -1.09. The van der Waals surface area contributed by atoms with E-state index in [2.05, 4.69) is 15.3 Å². The maximum absolute atomic E-state index is 12.6. The number of carbonyl (C=O) groups is 2. The van der Waals surface area contributed by atoms with E-state index < -0.39 is 22.9 Å². The predicted molar refractivity (Wildman–Crippen MR) is 105 cm³/mol. The first-order valence-electron chi connectivity index (χ1n) is 8.87. The zero-order chi connectivity index (χ0) is 21.0. The highest BCUT2D eigenvalue weighted by molar-refractivity contribution is 5.98. The van der Waals surface area contributed by atoms with Crippen molar-refractivity contribution in [2.24, 2.45) is 0 Å². The van der Waals surface area contributed by atoms with E-state index in [1.54, 1.807) is 32.0 Å². The van der Waals surface area contributed by atoms with Crippen LogP contribution in [-0.2, 0) is 9.53 Å². The largest absolute Gasteiger partial charge is 0.447 e. The van der Waals surface area contributed by atoms with E-state index in [-0.39, 0.29) is 23.5 Å². The average molecular weight is 394 g/mol. The van der Waals surface area contributed by atoms with E-state index in [4.69, 9.17) is 4.74 Å². The molecule has 3 aromatic rings. The van der Waals surface area contributed by atoms with Crippen molar-refractivity contribution in [3.05, 3.63) is 70.0 Å². The molecule has 9 heteroatoms. The second-order valence-corrected chi connectivity index (χ2v) is 6.29. The van der Waals surface area contributed by atoms with Crippen LogP contribution in [0, 0.1) is 17.0 Å². The molecule has 0 fully saturated rings. The predicted octanol–water partition coefficient (Wildman–Crippen LogP) is 3.42. The topological polar surface area (TPSA) is 124 Å². The zero-order valence-corrected chi connectivity index (χ0v) is 15.8. The van der Waals surface area contributed by atoms with Crippen molar-refractivity contribution in [1.29, 1.82) is 0 Å². The summed E-state index contributed by atoms with van der Waals surface area (Å²) in [5, 5.41) is 13.5. The summed E-state index contributed by atoms with van der Waals surface area (Å²) in [6.07, 6.45) is 0.418. The number of aryl methyl sites for hydroxylation is 1. The number of para-hydroxylation sites is 2. The molecule has 0 aliphatic heterocycles. The molecule has 0 saturated heterocycles. The maximum atomic E-state index is 12.6. The Morgan fingerprint density at radius 2 is 1.93 bits per heavy atom. The summed E-state index contributed by atoms with van der Waals surface area (Å²) in [5.41, 5.74) is 1.93. The Morgan fingerprint density at radius 1 is 1.21 bits per heavy atom. The first-order chi connectivity index (χ1) is 13.9. The number of benzene rings is 2. The Balaban J connectivity index is 1.75.